The summed E-state index contributed by atoms with van der Waals surface area (Å²) in [6, 6.07) is 0.658. The Labute approximate surface area is 208 Å². The maximum atomic E-state index is 13.8. The molecule has 0 radical (unpaired) electrons. The second-order valence-electron chi connectivity index (χ2n) is 9.88. The van der Waals surface area contributed by atoms with Gasteiger partial charge >= 0.3 is 0 Å². The topological polar surface area (TPSA) is 165 Å². The van der Waals surface area contributed by atoms with Crippen LogP contribution in [0.4, 0.5) is 5.69 Å². The third-order valence-electron chi connectivity index (χ3n) is 7.44. The van der Waals surface area contributed by atoms with Crippen LogP contribution in [-0.2, 0) is 16.0 Å². The highest BCUT2D eigenvalue weighted by molar-refractivity contribution is 6.25. The Kier molecular flexibility index (Phi) is 5.90. The number of ketones is 2. The lowest BCUT2D eigenvalue weighted by molar-refractivity contribution is -0.148. The highest BCUT2D eigenvalue weighted by Gasteiger charge is 2.63. The van der Waals surface area contributed by atoms with Crippen LogP contribution >= 0.6 is 0 Å². The largest absolute Gasteiger partial charge is 0.510 e. The monoisotopic (exact) mass is 495 g/mol. The molecule has 4 atom stereocenters. The summed E-state index contributed by atoms with van der Waals surface area (Å²) in [5.41, 5.74) is 3.04. The van der Waals surface area contributed by atoms with Crippen LogP contribution in [0, 0.1) is 23.7 Å². The molecular weight excluding hydrogens is 466 g/mol. The van der Waals surface area contributed by atoms with Crippen molar-refractivity contribution in [3.05, 3.63) is 45.4 Å². The number of phenolic OH excluding ortho intramolecular Hbond substituents is 1. The molecule has 3 aliphatic carbocycles. The smallest absolute Gasteiger partial charge is 0.255 e. The molecule has 1 amide bonds. The van der Waals surface area contributed by atoms with Crippen LogP contribution in [0.1, 0.15) is 34.8 Å². The summed E-state index contributed by atoms with van der Waals surface area (Å²) in [5, 5.41) is 44.8. The van der Waals surface area contributed by atoms with Crippen LogP contribution < -0.4 is 10.6 Å². The first-order valence-corrected chi connectivity index (χ1v) is 11.4. The number of hydrogen-bond donors (Lipinski definition) is 5. The average molecular weight is 496 g/mol. The van der Waals surface area contributed by atoms with Gasteiger partial charge in [-0.05, 0) is 51.4 Å². The van der Waals surface area contributed by atoms with Crippen molar-refractivity contribution in [3.63, 3.8) is 0 Å². The number of Topliss-reactive ketones (excluding diaryl/α,β-unsaturated/α-hetero) is 2. The average Bonchev–Trinajstić information content (AvgIpc) is 2.77. The number of primary amides is 1. The Morgan fingerprint density at radius 2 is 1.81 bits per heavy atom. The number of nitrogens with zero attached hydrogens (tertiary/aromatic N) is 2. The molecule has 3 aliphatic rings. The highest BCUT2D eigenvalue weighted by Crippen LogP contribution is 2.53. The SMILES string of the molecule is CC#Cc1cc(N(C)C)c2c(c1O)C(=O)C1=C(O)C3(O)C(=O)C(C(N)=O)=C(O)C(N(C)C)C3CC1C2. The van der Waals surface area contributed by atoms with Gasteiger partial charge in [0, 0.05) is 31.3 Å². The molecule has 0 bridgehead atoms. The number of aliphatic hydroxyl groups excluding tert-OH is 2. The molecule has 0 fully saturated rings. The van der Waals surface area contributed by atoms with E-state index in [-0.39, 0.29) is 35.3 Å². The lowest BCUT2D eigenvalue weighted by Crippen LogP contribution is -2.63. The maximum absolute atomic E-state index is 13.8. The van der Waals surface area contributed by atoms with E-state index in [0.717, 1.165) is 0 Å². The lowest BCUT2D eigenvalue weighted by Gasteiger charge is -2.50. The number of benzene rings is 1. The number of carbonyl (C=O) groups excluding carboxylic acids is 3. The molecule has 0 saturated heterocycles. The van der Waals surface area contributed by atoms with Crippen molar-refractivity contribution in [1.82, 2.24) is 4.90 Å². The van der Waals surface area contributed by atoms with Gasteiger partial charge in [-0.3, -0.25) is 19.3 Å². The second kappa shape index (κ2) is 8.40. The third-order valence-corrected chi connectivity index (χ3v) is 7.44. The van der Waals surface area contributed by atoms with Gasteiger partial charge in [0.25, 0.3) is 5.91 Å². The van der Waals surface area contributed by atoms with Crippen molar-refractivity contribution < 1.29 is 34.8 Å². The number of hydrogen-bond acceptors (Lipinski definition) is 9. The Balaban J connectivity index is 2.01. The van der Waals surface area contributed by atoms with Gasteiger partial charge in [-0.2, -0.15) is 0 Å². The molecule has 0 aromatic heterocycles. The van der Waals surface area contributed by atoms with Crippen molar-refractivity contribution in [2.24, 2.45) is 17.6 Å². The minimum Gasteiger partial charge on any atom is -0.510 e. The Bertz CT molecular complexity index is 1350. The number of likely N-dealkylation sites (N-methyl/N-ethyl adjacent to an activating group) is 1. The number of carbonyl (C=O) groups is 3. The Morgan fingerprint density at radius 1 is 1.17 bits per heavy atom. The van der Waals surface area contributed by atoms with E-state index >= 15 is 0 Å². The van der Waals surface area contributed by atoms with Gasteiger partial charge in [0.15, 0.2) is 11.4 Å². The number of aromatic hydroxyl groups is 1. The van der Waals surface area contributed by atoms with E-state index in [0.29, 0.717) is 11.3 Å². The number of phenols is 1. The summed E-state index contributed by atoms with van der Waals surface area (Å²) in [6.07, 6.45) is 0.255. The number of amides is 1. The molecule has 0 spiro atoms. The summed E-state index contributed by atoms with van der Waals surface area (Å²) in [4.78, 5) is 42.5. The Hall–Kier alpha value is -3.81. The number of aliphatic hydroxyl groups is 3. The lowest BCUT2D eigenvalue weighted by atomic mass is 9.58. The van der Waals surface area contributed by atoms with E-state index in [1.165, 1.54) is 4.90 Å². The molecule has 10 nitrogen and oxygen atoms in total. The van der Waals surface area contributed by atoms with E-state index in [2.05, 4.69) is 11.8 Å². The number of nitrogens with two attached hydrogens (primary N) is 1. The first-order valence-electron chi connectivity index (χ1n) is 11.4. The quantitative estimate of drug-likeness (QED) is 0.298. The summed E-state index contributed by atoms with van der Waals surface area (Å²) in [5.74, 6) is -1.31. The fraction of sp³-hybridized carbons (Fsp3) is 0.423. The fourth-order valence-corrected chi connectivity index (χ4v) is 5.93. The minimum absolute atomic E-state index is 0.0376. The van der Waals surface area contributed by atoms with Crippen LogP contribution in [0.3, 0.4) is 0 Å². The zero-order chi connectivity index (χ0) is 26.9. The van der Waals surface area contributed by atoms with Crippen molar-refractivity contribution in [1.29, 1.82) is 0 Å². The van der Waals surface area contributed by atoms with Gasteiger partial charge in [-0.15, -0.1) is 5.92 Å². The summed E-state index contributed by atoms with van der Waals surface area (Å²) >= 11 is 0. The summed E-state index contributed by atoms with van der Waals surface area (Å²) in [6.45, 7) is 1.59. The molecule has 190 valence electrons. The standard InChI is InChI=1S/C26H29N3O7/c1-6-7-11-10-15(28(2)3)13-8-12-9-14-19(29(4)5)22(32)18(25(27)35)24(34)26(14,36)23(33)16(12)21(31)17(13)20(11)30/h10,12,14,19,30,32-33,36H,8-9H2,1-5H3,(H2,27,35). The molecule has 4 unspecified atom stereocenters. The van der Waals surface area contributed by atoms with Gasteiger partial charge in [0.05, 0.1) is 17.2 Å². The minimum atomic E-state index is -2.66. The van der Waals surface area contributed by atoms with E-state index in [1.54, 1.807) is 46.1 Å². The van der Waals surface area contributed by atoms with Crippen molar-refractivity contribution in [2.75, 3.05) is 33.1 Å². The molecule has 36 heavy (non-hydrogen) atoms. The van der Waals surface area contributed by atoms with Gasteiger partial charge in [-0.25, -0.2) is 0 Å². The van der Waals surface area contributed by atoms with Crippen LogP contribution in [0.2, 0.25) is 0 Å². The second-order valence-corrected chi connectivity index (χ2v) is 9.88. The van der Waals surface area contributed by atoms with Gasteiger partial charge in [-0.1, -0.05) is 5.92 Å². The summed E-state index contributed by atoms with van der Waals surface area (Å²) in [7, 11) is 6.76. The molecule has 0 saturated carbocycles. The molecule has 10 heteroatoms. The third kappa shape index (κ3) is 3.23. The van der Waals surface area contributed by atoms with E-state index in [9.17, 15) is 34.8 Å². The van der Waals surface area contributed by atoms with Gasteiger partial charge in [0.1, 0.15) is 22.8 Å². The number of allylic oxidation sites excluding steroid dienone is 1. The molecule has 0 aliphatic heterocycles. The first-order chi connectivity index (χ1) is 16.8. The number of fused-ring (bicyclic) bond motifs is 3. The molecular formula is C26H29N3O7. The van der Waals surface area contributed by atoms with Crippen LogP contribution in [0.25, 0.3) is 0 Å². The van der Waals surface area contributed by atoms with E-state index in [4.69, 9.17) is 5.73 Å². The van der Waals surface area contributed by atoms with Crippen molar-refractivity contribution >= 4 is 23.2 Å². The number of anilines is 1. The fourth-order valence-electron chi connectivity index (χ4n) is 5.93. The van der Waals surface area contributed by atoms with Crippen LogP contribution in [-0.4, -0.2) is 82.6 Å². The van der Waals surface area contributed by atoms with Crippen molar-refractivity contribution in [2.45, 2.75) is 31.4 Å². The molecule has 1 aromatic rings. The van der Waals surface area contributed by atoms with Crippen LogP contribution in [0.5, 0.6) is 5.75 Å². The molecule has 6 N–H and O–H groups in total. The van der Waals surface area contributed by atoms with Gasteiger partial charge < -0.3 is 31.1 Å². The first kappa shape index (κ1) is 25.3. The highest BCUT2D eigenvalue weighted by atomic mass is 16.3. The zero-order valence-corrected chi connectivity index (χ0v) is 20.7. The predicted molar refractivity (Wildman–Crippen MR) is 131 cm³/mol. The van der Waals surface area contributed by atoms with Crippen molar-refractivity contribution in [3.8, 4) is 17.6 Å². The normalized spacial score (nSPS) is 27.2. The maximum Gasteiger partial charge on any atom is 0.255 e. The van der Waals surface area contributed by atoms with Crippen LogP contribution in [0.15, 0.2) is 28.7 Å². The molecule has 0 heterocycles. The summed E-state index contributed by atoms with van der Waals surface area (Å²) < 4.78 is 0. The van der Waals surface area contributed by atoms with Gasteiger partial charge in [0.2, 0.25) is 5.78 Å². The van der Waals surface area contributed by atoms with E-state index in [1.807, 2.05) is 0 Å². The Morgan fingerprint density at radius 3 is 2.33 bits per heavy atom. The number of rotatable bonds is 3. The van der Waals surface area contributed by atoms with E-state index < -0.39 is 58.0 Å². The molecule has 4 rings (SSSR count). The zero-order valence-electron chi connectivity index (χ0n) is 20.7. The molecule has 1 aromatic carbocycles. The predicted octanol–water partition coefficient (Wildman–Crippen LogP) is 0.558.